The molecule has 1 aliphatic rings. The average Bonchev–Trinajstić information content (AvgIpc) is 2.78. The maximum Gasteiger partial charge on any atom is 0.234 e. The number of likely N-dealkylation sites (tertiary alicyclic amines) is 1. The van der Waals surface area contributed by atoms with Crippen molar-refractivity contribution in [3.63, 3.8) is 0 Å². The van der Waals surface area contributed by atoms with Crippen LogP contribution >= 0.6 is 0 Å². The smallest absolute Gasteiger partial charge is 0.234 e. The zero-order valence-corrected chi connectivity index (χ0v) is 10.9. The summed E-state index contributed by atoms with van der Waals surface area (Å²) in [5.74, 6) is -0.245. The van der Waals surface area contributed by atoms with Gasteiger partial charge in [0, 0.05) is 18.4 Å². The largest absolute Gasteiger partial charge is 0.398 e. The molecule has 1 aliphatic heterocycles. The molecule has 1 aromatic rings. The molecule has 18 heavy (non-hydrogen) atoms. The molecule has 0 radical (unpaired) electrons. The zero-order valence-electron chi connectivity index (χ0n) is 10.9. The Balaban J connectivity index is 2.19. The summed E-state index contributed by atoms with van der Waals surface area (Å²) in [7, 11) is 0. The van der Waals surface area contributed by atoms with Crippen molar-refractivity contribution in [3.05, 3.63) is 23.0 Å². The number of amides is 1. The second-order valence-corrected chi connectivity index (χ2v) is 4.96. The summed E-state index contributed by atoms with van der Waals surface area (Å²) in [6, 6.07) is -0.159. The van der Waals surface area contributed by atoms with E-state index in [4.69, 9.17) is 11.5 Å². The van der Waals surface area contributed by atoms with E-state index in [0.29, 0.717) is 6.54 Å². The Hall–Kier alpha value is -1.62. The molecule has 2 rings (SSSR count). The van der Waals surface area contributed by atoms with E-state index in [1.165, 1.54) is 0 Å². The molecular formula is C13H20N4O. The van der Waals surface area contributed by atoms with Crippen molar-refractivity contribution in [2.75, 3.05) is 12.3 Å². The van der Waals surface area contributed by atoms with Crippen LogP contribution in [0.4, 0.5) is 5.69 Å². The topological polar surface area (TPSA) is 85.2 Å². The number of hydrogen-bond donors (Lipinski definition) is 2. The van der Waals surface area contributed by atoms with Gasteiger partial charge in [0.05, 0.1) is 11.7 Å². The summed E-state index contributed by atoms with van der Waals surface area (Å²) < 4.78 is 0. The number of aromatic nitrogens is 1. The molecule has 98 valence electrons. The van der Waals surface area contributed by atoms with Crippen molar-refractivity contribution in [1.29, 1.82) is 0 Å². The Morgan fingerprint density at radius 3 is 2.94 bits per heavy atom. The number of rotatable bonds is 3. The van der Waals surface area contributed by atoms with Crippen LogP contribution in [0.5, 0.6) is 0 Å². The summed E-state index contributed by atoms with van der Waals surface area (Å²) in [5.41, 5.74) is 15.1. The maximum absolute atomic E-state index is 11.3. The van der Waals surface area contributed by atoms with E-state index < -0.39 is 0 Å². The Morgan fingerprint density at radius 1 is 1.56 bits per heavy atom. The number of primary amides is 1. The minimum atomic E-state index is -0.245. The molecule has 1 saturated heterocycles. The van der Waals surface area contributed by atoms with Crippen LogP contribution in [-0.2, 0) is 11.3 Å². The molecule has 0 bridgehead atoms. The Bertz CT molecular complexity index is 472. The van der Waals surface area contributed by atoms with Gasteiger partial charge in [0.15, 0.2) is 0 Å². The molecule has 0 aromatic carbocycles. The summed E-state index contributed by atoms with van der Waals surface area (Å²) >= 11 is 0. The van der Waals surface area contributed by atoms with E-state index in [2.05, 4.69) is 9.88 Å². The first-order valence-electron chi connectivity index (χ1n) is 6.24. The molecule has 5 heteroatoms. The number of carbonyl (C=O) groups excluding carboxylic acids is 1. The van der Waals surface area contributed by atoms with Crippen LogP contribution in [0, 0.1) is 13.8 Å². The number of pyridine rings is 1. The zero-order chi connectivity index (χ0) is 13.3. The van der Waals surface area contributed by atoms with Gasteiger partial charge in [0.1, 0.15) is 0 Å². The van der Waals surface area contributed by atoms with Crippen LogP contribution in [0.2, 0.25) is 0 Å². The van der Waals surface area contributed by atoms with Crippen LogP contribution in [0.3, 0.4) is 0 Å². The fraction of sp³-hybridized carbons (Fsp3) is 0.538. The number of nitrogens with zero attached hydrogens (tertiary/aromatic N) is 2. The highest BCUT2D eigenvalue weighted by Gasteiger charge is 2.29. The van der Waals surface area contributed by atoms with Crippen molar-refractivity contribution in [2.24, 2.45) is 5.73 Å². The molecule has 1 unspecified atom stereocenters. The van der Waals surface area contributed by atoms with E-state index in [0.717, 1.165) is 41.9 Å². The number of anilines is 1. The summed E-state index contributed by atoms with van der Waals surface area (Å²) in [4.78, 5) is 17.9. The van der Waals surface area contributed by atoms with Crippen LogP contribution < -0.4 is 11.5 Å². The van der Waals surface area contributed by atoms with Crippen molar-refractivity contribution >= 4 is 11.6 Å². The first-order chi connectivity index (χ1) is 8.50. The highest BCUT2D eigenvalue weighted by Crippen LogP contribution is 2.23. The molecular weight excluding hydrogens is 228 g/mol. The maximum atomic E-state index is 11.3. The van der Waals surface area contributed by atoms with Crippen molar-refractivity contribution in [3.8, 4) is 0 Å². The first-order valence-corrected chi connectivity index (χ1v) is 6.24. The van der Waals surface area contributed by atoms with Crippen LogP contribution in [0.1, 0.15) is 29.7 Å². The van der Waals surface area contributed by atoms with Crippen molar-refractivity contribution in [2.45, 2.75) is 39.3 Å². The van der Waals surface area contributed by atoms with Gasteiger partial charge < -0.3 is 11.5 Å². The number of aryl methyl sites for hydroxylation is 1. The summed E-state index contributed by atoms with van der Waals surface area (Å²) in [5, 5.41) is 0. The van der Waals surface area contributed by atoms with E-state index >= 15 is 0 Å². The quantitative estimate of drug-likeness (QED) is 0.825. The SMILES string of the molecule is Cc1cnc(CN2CCCC2C(N)=O)c(C)c1N. The highest BCUT2D eigenvalue weighted by molar-refractivity contribution is 5.80. The van der Waals surface area contributed by atoms with Gasteiger partial charge in [-0.3, -0.25) is 14.7 Å². The molecule has 5 nitrogen and oxygen atoms in total. The van der Waals surface area contributed by atoms with Gasteiger partial charge in [-0.2, -0.15) is 0 Å². The lowest BCUT2D eigenvalue weighted by Gasteiger charge is -2.22. The normalized spacial score (nSPS) is 20.2. The summed E-state index contributed by atoms with van der Waals surface area (Å²) in [6.45, 7) is 5.45. The minimum absolute atomic E-state index is 0.159. The number of carbonyl (C=O) groups is 1. The van der Waals surface area contributed by atoms with Gasteiger partial charge in [-0.25, -0.2) is 0 Å². The van der Waals surface area contributed by atoms with Crippen LogP contribution in [-0.4, -0.2) is 28.4 Å². The molecule has 1 fully saturated rings. The molecule has 4 N–H and O–H groups in total. The number of nitrogens with two attached hydrogens (primary N) is 2. The predicted octanol–water partition coefficient (Wildman–Crippen LogP) is 0.730. The monoisotopic (exact) mass is 248 g/mol. The predicted molar refractivity (Wildman–Crippen MR) is 70.7 cm³/mol. The van der Waals surface area contributed by atoms with Gasteiger partial charge in [0.2, 0.25) is 5.91 Å². The molecule has 1 atom stereocenters. The number of nitrogen functional groups attached to an aromatic ring is 1. The molecule has 2 heterocycles. The van der Waals surface area contributed by atoms with E-state index in [9.17, 15) is 4.79 Å². The number of hydrogen-bond acceptors (Lipinski definition) is 4. The van der Waals surface area contributed by atoms with Gasteiger partial charge in [-0.05, 0) is 44.4 Å². The molecule has 1 amide bonds. The average molecular weight is 248 g/mol. The van der Waals surface area contributed by atoms with Gasteiger partial charge in [-0.15, -0.1) is 0 Å². The standard InChI is InChI=1S/C13H20N4O/c1-8-6-16-10(9(2)12(8)14)7-17-5-3-4-11(17)13(15)18/h6,11H,3-5,7H2,1-2H3,(H2,14,16)(H2,15,18). The van der Waals surface area contributed by atoms with Gasteiger partial charge in [-0.1, -0.05) is 0 Å². The Kier molecular flexibility index (Phi) is 3.52. The highest BCUT2D eigenvalue weighted by atomic mass is 16.1. The fourth-order valence-electron chi connectivity index (χ4n) is 2.48. The third-order valence-corrected chi connectivity index (χ3v) is 3.72. The third-order valence-electron chi connectivity index (χ3n) is 3.72. The molecule has 1 aromatic heterocycles. The first kappa shape index (κ1) is 12.8. The molecule has 0 saturated carbocycles. The second-order valence-electron chi connectivity index (χ2n) is 4.96. The minimum Gasteiger partial charge on any atom is -0.398 e. The lowest BCUT2D eigenvalue weighted by atomic mass is 10.1. The van der Waals surface area contributed by atoms with Crippen LogP contribution in [0.15, 0.2) is 6.20 Å². The lowest BCUT2D eigenvalue weighted by molar-refractivity contribution is -0.122. The lowest BCUT2D eigenvalue weighted by Crippen LogP contribution is -2.40. The Labute approximate surface area is 107 Å². The van der Waals surface area contributed by atoms with Crippen molar-refractivity contribution < 1.29 is 4.79 Å². The van der Waals surface area contributed by atoms with E-state index in [1.54, 1.807) is 6.20 Å². The molecule has 0 aliphatic carbocycles. The van der Waals surface area contributed by atoms with E-state index in [-0.39, 0.29) is 11.9 Å². The van der Waals surface area contributed by atoms with Gasteiger partial charge >= 0.3 is 0 Å². The van der Waals surface area contributed by atoms with E-state index in [1.807, 2.05) is 13.8 Å². The van der Waals surface area contributed by atoms with Crippen molar-refractivity contribution in [1.82, 2.24) is 9.88 Å². The van der Waals surface area contributed by atoms with Gasteiger partial charge in [0.25, 0.3) is 0 Å². The second kappa shape index (κ2) is 4.94. The fourth-order valence-corrected chi connectivity index (χ4v) is 2.48. The Morgan fingerprint density at radius 2 is 2.28 bits per heavy atom. The summed E-state index contributed by atoms with van der Waals surface area (Å²) in [6.07, 6.45) is 3.64. The van der Waals surface area contributed by atoms with Crippen LogP contribution in [0.25, 0.3) is 0 Å². The third kappa shape index (κ3) is 2.31. The molecule has 0 spiro atoms.